The molecule has 18 heavy (non-hydrogen) atoms. The molecule has 0 spiro atoms. The highest BCUT2D eigenvalue weighted by Gasteiger charge is 2.32. The number of nitrogens with one attached hydrogen (secondary N) is 1. The molecule has 1 aromatic carbocycles. The third-order valence-corrected chi connectivity index (χ3v) is 3.65. The van der Waals surface area contributed by atoms with Gasteiger partial charge in [0.1, 0.15) is 11.9 Å². The van der Waals surface area contributed by atoms with Gasteiger partial charge >= 0.3 is 6.09 Å². The second-order valence-corrected chi connectivity index (χ2v) is 5.20. The van der Waals surface area contributed by atoms with E-state index in [1.165, 1.54) is 18.4 Å². The first-order valence-corrected chi connectivity index (χ1v) is 6.47. The van der Waals surface area contributed by atoms with E-state index in [9.17, 15) is 4.79 Å². The predicted octanol–water partition coefficient (Wildman–Crippen LogP) is 2.74. The molecule has 0 heterocycles. The number of hydrogen-bond acceptors (Lipinski definition) is 2. The fourth-order valence-electron chi connectivity index (χ4n) is 2.38. The molecule has 96 valence electrons. The van der Waals surface area contributed by atoms with Crippen LogP contribution in [-0.4, -0.2) is 23.3 Å². The van der Waals surface area contributed by atoms with Gasteiger partial charge in [-0.3, -0.25) is 0 Å². The summed E-state index contributed by atoms with van der Waals surface area (Å²) in [5, 5.41) is 11.0. The van der Waals surface area contributed by atoms with Gasteiger partial charge in [-0.05, 0) is 36.5 Å². The van der Waals surface area contributed by atoms with Crippen LogP contribution < -0.4 is 10.1 Å². The number of ether oxygens (including phenoxy) is 1. The molecule has 0 radical (unpaired) electrons. The molecule has 0 saturated heterocycles. The second-order valence-electron chi connectivity index (χ2n) is 5.20. The lowest BCUT2D eigenvalue weighted by molar-refractivity contribution is 0.0834. The Bertz CT molecular complexity index is 433. The summed E-state index contributed by atoms with van der Waals surface area (Å²) in [6, 6.07) is 8.37. The first kappa shape index (κ1) is 11.4. The number of rotatable bonds is 4. The molecule has 1 amide bonds. The van der Waals surface area contributed by atoms with Gasteiger partial charge in [0.2, 0.25) is 0 Å². The van der Waals surface area contributed by atoms with Gasteiger partial charge in [0.05, 0.1) is 0 Å². The number of carboxylic acid groups (broad SMARTS) is 1. The van der Waals surface area contributed by atoms with Gasteiger partial charge < -0.3 is 15.2 Å². The summed E-state index contributed by atoms with van der Waals surface area (Å²) < 4.78 is 5.78. The van der Waals surface area contributed by atoms with Gasteiger partial charge in [0.15, 0.2) is 0 Å². The van der Waals surface area contributed by atoms with Crippen LogP contribution in [-0.2, 0) is 0 Å². The molecule has 2 saturated carbocycles. The third kappa shape index (κ3) is 2.58. The van der Waals surface area contributed by atoms with E-state index in [1.54, 1.807) is 0 Å². The van der Waals surface area contributed by atoms with Crippen molar-refractivity contribution in [2.45, 2.75) is 43.7 Å². The van der Waals surface area contributed by atoms with Crippen molar-refractivity contribution < 1.29 is 14.6 Å². The fraction of sp³-hybridized carbons (Fsp3) is 0.500. The zero-order valence-corrected chi connectivity index (χ0v) is 10.1. The maximum atomic E-state index is 10.4. The van der Waals surface area contributed by atoms with E-state index in [0.717, 1.165) is 24.5 Å². The molecule has 2 aliphatic carbocycles. The first-order valence-electron chi connectivity index (χ1n) is 6.47. The molecule has 0 atom stereocenters. The zero-order chi connectivity index (χ0) is 12.5. The van der Waals surface area contributed by atoms with Gasteiger partial charge in [-0.1, -0.05) is 12.1 Å². The second kappa shape index (κ2) is 4.52. The van der Waals surface area contributed by atoms with Gasteiger partial charge in [0, 0.05) is 18.9 Å². The molecule has 0 unspecified atom stereocenters. The number of carbonyl (C=O) groups is 1. The summed E-state index contributed by atoms with van der Waals surface area (Å²) in [4.78, 5) is 10.4. The van der Waals surface area contributed by atoms with E-state index < -0.39 is 6.09 Å². The van der Waals surface area contributed by atoms with Crippen LogP contribution in [0.15, 0.2) is 24.3 Å². The van der Waals surface area contributed by atoms with Crippen molar-refractivity contribution in [1.29, 1.82) is 0 Å². The van der Waals surface area contributed by atoms with E-state index in [4.69, 9.17) is 9.84 Å². The highest BCUT2D eigenvalue weighted by molar-refractivity contribution is 5.65. The van der Waals surface area contributed by atoms with Crippen molar-refractivity contribution >= 4 is 6.09 Å². The van der Waals surface area contributed by atoms with E-state index in [1.807, 2.05) is 12.1 Å². The molecule has 0 aliphatic heterocycles. The highest BCUT2D eigenvalue weighted by Crippen LogP contribution is 2.40. The van der Waals surface area contributed by atoms with E-state index in [2.05, 4.69) is 17.4 Å². The normalized spacial score (nSPS) is 26.2. The average molecular weight is 247 g/mol. The van der Waals surface area contributed by atoms with Crippen LogP contribution in [0.1, 0.15) is 37.2 Å². The van der Waals surface area contributed by atoms with Gasteiger partial charge in [-0.25, -0.2) is 4.79 Å². The van der Waals surface area contributed by atoms with Gasteiger partial charge in [-0.15, -0.1) is 0 Å². The van der Waals surface area contributed by atoms with Crippen LogP contribution in [0.4, 0.5) is 4.79 Å². The number of hydrogen-bond donors (Lipinski definition) is 2. The molecule has 2 fully saturated rings. The smallest absolute Gasteiger partial charge is 0.404 e. The molecular weight excluding hydrogens is 230 g/mol. The summed E-state index contributed by atoms with van der Waals surface area (Å²) in [5.41, 5.74) is 1.40. The van der Waals surface area contributed by atoms with E-state index in [-0.39, 0.29) is 12.1 Å². The van der Waals surface area contributed by atoms with Crippen molar-refractivity contribution in [1.82, 2.24) is 5.32 Å². The van der Waals surface area contributed by atoms with Crippen molar-refractivity contribution in [3.63, 3.8) is 0 Å². The average Bonchev–Trinajstić information content (AvgIpc) is 3.10. The largest absolute Gasteiger partial charge is 0.490 e. The summed E-state index contributed by atoms with van der Waals surface area (Å²) in [6.45, 7) is 0. The van der Waals surface area contributed by atoms with Crippen molar-refractivity contribution in [2.75, 3.05) is 0 Å². The van der Waals surface area contributed by atoms with Crippen molar-refractivity contribution in [2.24, 2.45) is 0 Å². The lowest BCUT2D eigenvalue weighted by Gasteiger charge is -2.35. The topological polar surface area (TPSA) is 58.6 Å². The van der Waals surface area contributed by atoms with Gasteiger partial charge in [0.25, 0.3) is 0 Å². The Hall–Kier alpha value is -1.71. The highest BCUT2D eigenvalue weighted by atomic mass is 16.5. The SMILES string of the molecule is O=C(O)NC1CC(Oc2ccc(C3CC3)cc2)C1. The molecule has 2 N–H and O–H groups in total. The summed E-state index contributed by atoms with van der Waals surface area (Å²) >= 11 is 0. The number of benzene rings is 1. The first-order chi connectivity index (χ1) is 8.70. The summed E-state index contributed by atoms with van der Waals surface area (Å²) in [5.74, 6) is 1.66. The minimum Gasteiger partial charge on any atom is -0.490 e. The monoisotopic (exact) mass is 247 g/mol. The standard InChI is InChI=1S/C14H17NO3/c16-14(17)15-11-7-13(8-11)18-12-5-3-10(4-6-12)9-1-2-9/h3-6,9,11,13,15H,1-2,7-8H2,(H,16,17). The molecular formula is C14H17NO3. The molecule has 2 aliphatic rings. The van der Waals surface area contributed by atoms with Crippen molar-refractivity contribution in [3.8, 4) is 5.75 Å². The third-order valence-electron chi connectivity index (χ3n) is 3.65. The Balaban J connectivity index is 1.47. The van der Waals surface area contributed by atoms with Crippen LogP contribution in [0.2, 0.25) is 0 Å². The Labute approximate surface area is 106 Å². The number of amides is 1. The molecule has 1 aromatic rings. The quantitative estimate of drug-likeness (QED) is 0.860. The molecule has 3 rings (SSSR count). The molecule has 0 aromatic heterocycles. The van der Waals surface area contributed by atoms with E-state index in [0.29, 0.717) is 0 Å². The van der Waals surface area contributed by atoms with Crippen LogP contribution in [0, 0.1) is 0 Å². The Morgan fingerprint density at radius 3 is 2.44 bits per heavy atom. The Kier molecular flexibility index (Phi) is 2.86. The van der Waals surface area contributed by atoms with Crippen LogP contribution >= 0.6 is 0 Å². The van der Waals surface area contributed by atoms with Gasteiger partial charge in [-0.2, -0.15) is 0 Å². The lowest BCUT2D eigenvalue weighted by atomic mass is 9.89. The fourth-order valence-corrected chi connectivity index (χ4v) is 2.38. The summed E-state index contributed by atoms with van der Waals surface area (Å²) in [7, 11) is 0. The summed E-state index contributed by atoms with van der Waals surface area (Å²) in [6.07, 6.45) is 3.34. The predicted molar refractivity (Wildman–Crippen MR) is 67.0 cm³/mol. The molecule has 4 nitrogen and oxygen atoms in total. The lowest BCUT2D eigenvalue weighted by Crippen LogP contribution is -2.48. The molecule has 4 heteroatoms. The Morgan fingerprint density at radius 2 is 1.89 bits per heavy atom. The van der Waals surface area contributed by atoms with E-state index >= 15 is 0 Å². The molecule has 0 bridgehead atoms. The zero-order valence-electron chi connectivity index (χ0n) is 10.1. The van der Waals surface area contributed by atoms with Crippen LogP contribution in [0.25, 0.3) is 0 Å². The minimum absolute atomic E-state index is 0.0539. The Morgan fingerprint density at radius 1 is 1.22 bits per heavy atom. The van der Waals surface area contributed by atoms with Crippen LogP contribution in [0.5, 0.6) is 5.75 Å². The maximum Gasteiger partial charge on any atom is 0.404 e. The maximum absolute atomic E-state index is 10.4. The van der Waals surface area contributed by atoms with Crippen molar-refractivity contribution in [3.05, 3.63) is 29.8 Å². The van der Waals surface area contributed by atoms with Crippen LogP contribution in [0.3, 0.4) is 0 Å². The minimum atomic E-state index is -0.952.